The van der Waals surface area contributed by atoms with Crippen LogP contribution in [0.25, 0.3) is 5.69 Å². The summed E-state index contributed by atoms with van der Waals surface area (Å²) in [5.41, 5.74) is 0.855. The molecule has 0 fully saturated rings. The number of imidazole rings is 1. The van der Waals surface area contributed by atoms with Gasteiger partial charge in [0.1, 0.15) is 4.66 Å². The second kappa shape index (κ2) is 4.99. The lowest BCUT2D eigenvalue weighted by Gasteiger charge is -2.06. The fourth-order valence-corrected chi connectivity index (χ4v) is 2.31. The van der Waals surface area contributed by atoms with E-state index in [2.05, 4.69) is 25.6 Å². The average Bonchev–Trinajstić information content (AvgIpc) is 2.76. The number of halogens is 1. The van der Waals surface area contributed by atoms with Gasteiger partial charge in [-0.3, -0.25) is 9.29 Å². The Morgan fingerprint density at radius 3 is 2.44 bits per heavy atom. The highest BCUT2D eigenvalue weighted by Gasteiger charge is 2.07. The summed E-state index contributed by atoms with van der Waals surface area (Å²) < 4.78 is 26.3. The zero-order valence-electron chi connectivity index (χ0n) is 9.13. The van der Waals surface area contributed by atoms with Crippen LogP contribution in [0.3, 0.4) is 0 Å². The van der Waals surface area contributed by atoms with Gasteiger partial charge >= 0.3 is 5.69 Å². The molecule has 0 aliphatic carbocycles. The first-order chi connectivity index (χ1) is 8.52. The molecular weight excluding hydrogens is 322 g/mol. The third-order valence-corrected chi connectivity index (χ3v) is 4.85. The fraction of sp³-hybridized carbons (Fsp3) is 0.100. The van der Waals surface area contributed by atoms with Crippen molar-refractivity contribution in [3.8, 4) is 5.69 Å². The van der Waals surface area contributed by atoms with Gasteiger partial charge in [0, 0.05) is 18.1 Å². The van der Waals surface area contributed by atoms with Crippen molar-refractivity contribution in [1.82, 2.24) is 9.55 Å². The molecule has 0 radical (unpaired) electrons. The SMILES string of the molecule is O=c1[nH]ccn1-c1ccc(NS(=O)(=O)CBr)cc1. The minimum atomic E-state index is -3.36. The topological polar surface area (TPSA) is 84.0 Å². The molecule has 2 rings (SSSR count). The van der Waals surface area contributed by atoms with Crippen LogP contribution in [0.2, 0.25) is 0 Å². The molecule has 1 aromatic carbocycles. The fourth-order valence-electron chi connectivity index (χ4n) is 1.42. The van der Waals surface area contributed by atoms with E-state index < -0.39 is 10.0 Å². The first kappa shape index (κ1) is 12.9. The van der Waals surface area contributed by atoms with Crippen LogP contribution in [0.15, 0.2) is 41.5 Å². The normalized spacial score (nSPS) is 11.4. The molecular formula is C10H10BrN3O3S. The average molecular weight is 332 g/mol. The quantitative estimate of drug-likeness (QED) is 0.827. The van der Waals surface area contributed by atoms with E-state index in [0.29, 0.717) is 11.4 Å². The lowest BCUT2D eigenvalue weighted by atomic mass is 10.3. The summed E-state index contributed by atoms with van der Waals surface area (Å²) >= 11 is 2.88. The maximum atomic E-state index is 11.4. The van der Waals surface area contributed by atoms with Crippen molar-refractivity contribution in [1.29, 1.82) is 0 Å². The summed E-state index contributed by atoms with van der Waals surface area (Å²) in [6.45, 7) is 0. The lowest BCUT2D eigenvalue weighted by Crippen LogP contribution is -2.15. The van der Waals surface area contributed by atoms with E-state index in [4.69, 9.17) is 0 Å². The predicted octanol–water partition coefficient (Wildman–Crippen LogP) is 1.26. The van der Waals surface area contributed by atoms with Gasteiger partial charge in [0.25, 0.3) is 0 Å². The number of rotatable bonds is 4. The Hall–Kier alpha value is -1.54. The summed E-state index contributed by atoms with van der Waals surface area (Å²) in [5, 5.41) is 0. The van der Waals surface area contributed by atoms with Crippen LogP contribution in [0.5, 0.6) is 0 Å². The Morgan fingerprint density at radius 2 is 1.94 bits per heavy atom. The maximum Gasteiger partial charge on any atom is 0.330 e. The molecule has 0 amide bonds. The molecule has 0 saturated carbocycles. The van der Waals surface area contributed by atoms with Crippen molar-refractivity contribution >= 4 is 31.6 Å². The molecule has 1 heterocycles. The number of alkyl halides is 1. The summed E-state index contributed by atoms with van der Waals surface area (Å²) in [4.78, 5) is 13.9. The number of aromatic amines is 1. The van der Waals surface area contributed by atoms with E-state index in [0.717, 1.165) is 0 Å². The first-order valence-electron chi connectivity index (χ1n) is 4.95. The second-order valence-electron chi connectivity index (χ2n) is 3.51. The minimum Gasteiger partial charge on any atom is -0.312 e. The van der Waals surface area contributed by atoms with Crippen LogP contribution < -0.4 is 10.4 Å². The van der Waals surface area contributed by atoms with Crippen molar-refractivity contribution in [2.24, 2.45) is 0 Å². The number of hydrogen-bond acceptors (Lipinski definition) is 3. The second-order valence-corrected chi connectivity index (χ2v) is 6.53. The van der Waals surface area contributed by atoms with Gasteiger partial charge in [-0.25, -0.2) is 13.2 Å². The van der Waals surface area contributed by atoms with Crippen LogP contribution in [-0.4, -0.2) is 22.6 Å². The molecule has 2 N–H and O–H groups in total. The van der Waals surface area contributed by atoms with Crippen LogP contribution in [0.1, 0.15) is 0 Å². The third kappa shape index (κ3) is 2.82. The minimum absolute atomic E-state index is 0.168. The van der Waals surface area contributed by atoms with Crippen molar-refractivity contribution in [3.05, 3.63) is 47.1 Å². The summed E-state index contributed by atoms with van der Waals surface area (Å²) in [6.07, 6.45) is 3.13. The van der Waals surface area contributed by atoms with Gasteiger partial charge in [-0.2, -0.15) is 0 Å². The molecule has 0 unspecified atom stereocenters. The number of nitrogens with one attached hydrogen (secondary N) is 2. The highest BCUT2D eigenvalue weighted by atomic mass is 79.9. The van der Waals surface area contributed by atoms with Crippen molar-refractivity contribution in [2.45, 2.75) is 0 Å². The number of sulfonamides is 1. The molecule has 0 atom stereocenters. The highest BCUT2D eigenvalue weighted by molar-refractivity contribution is 9.10. The summed E-state index contributed by atoms with van der Waals surface area (Å²) in [5.74, 6) is 0. The Morgan fingerprint density at radius 1 is 1.28 bits per heavy atom. The molecule has 8 heteroatoms. The Labute approximate surface area is 112 Å². The highest BCUT2D eigenvalue weighted by Crippen LogP contribution is 2.13. The molecule has 0 bridgehead atoms. The number of aromatic nitrogens is 2. The van der Waals surface area contributed by atoms with E-state index in [9.17, 15) is 13.2 Å². The van der Waals surface area contributed by atoms with Crippen molar-refractivity contribution in [2.75, 3.05) is 9.38 Å². The third-order valence-electron chi connectivity index (χ3n) is 2.21. The van der Waals surface area contributed by atoms with Crippen LogP contribution in [-0.2, 0) is 10.0 Å². The first-order valence-corrected chi connectivity index (χ1v) is 7.72. The number of benzene rings is 1. The smallest absolute Gasteiger partial charge is 0.312 e. The Kier molecular flexibility index (Phi) is 3.58. The van der Waals surface area contributed by atoms with Gasteiger partial charge in [-0.1, -0.05) is 15.9 Å². The van der Waals surface area contributed by atoms with Crippen LogP contribution in [0, 0.1) is 0 Å². The molecule has 18 heavy (non-hydrogen) atoms. The number of nitrogens with zero attached hydrogens (tertiary/aromatic N) is 1. The van der Waals surface area contributed by atoms with Crippen molar-refractivity contribution in [3.63, 3.8) is 0 Å². The van der Waals surface area contributed by atoms with Gasteiger partial charge in [0.05, 0.1) is 5.69 Å². The van der Waals surface area contributed by atoms with E-state index in [1.54, 1.807) is 30.5 Å². The number of hydrogen-bond donors (Lipinski definition) is 2. The van der Waals surface area contributed by atoms with E-state index in [1.165, 1.54) is 10.8 Å². The summed E-state index contributed by atoms with van der Waals surface area (Å²) in [7, 11) is -3.36. The van der Waals surface area contributed by atoms with Gasteiger partial charge in [-0.05, 0) is 24.3 Å². The molecule has 2 aromatic rings. The van der Waals surface area contributed by atoms with Crippen LogP contribution in [0.4, 0.5) is 5.69 Å². The molecule has 0 saturated heterocycles. The molecule has 0 aliphatic heterocycles. The monoisotopic (exact) mass is 331 g/mol. The van der Waals surface area contributed by atoms with Crippen molar-refractivity contribution < 1.29 is 8.42 Å². The Bertz CT molecular complexity index is 688. The predicted molar refractivity (Wildman–Crippen MR) is 72.7 cm³/mol. The largest absolute Gasteiger partial charge is 0.330 e. The zero-order chi connectivity index (χ0) is 13.2. The number of H-pyrrole nitrogens is 1. The molecule has 0 aliphatic rings. The zero-order valence-corrected chi connectivity index (χ0v) is 11.5. The van der Waals surface area contributed by atoms with Gasteiger partial charge < -0.3 is 4.98 Å². The van der Waals surface area contributed by atoms with Gasteiger partial charge in [0.2, 0.25) is 10.0 Å². The molecule has 1 aromatic heterocycles. The van der Waals surface area contributed by atoms with E-state index in [1.807, 2.05) is 0 Å². The van der Waals surface area contributed by atoms with E-state index in [-0.39, 0.29) is 10.4 Å². The standard InChI is InChI=1S/C10H10BrN3O3S/c11-7-18(16,17)13-8-1-3-9(4-2-8)14-6-5-12-10(14)15/h1-6,13H,7H2,(H,12,15). The van der Waals surface area contributed by atoms with Gasteiger partial charge in [0.15, 0.2) is 0 Å². The molecule has 6 nitrogen and oxygen atoms in total. The lowest BCUT2D eigenvalue weighted by molar-refractivity contribution is 0.606. The summed E-state index contributed by atoms with van der Waals surface area (Å²) in [6, 6.07) is 6.49. The maximum absolute atomic E-state index is 11.4. The Balaban J connectivity index is 2.26. The molecule has 96 valence electrons. The molecule has 0 spiro atoms. The number of anilines is 1. The van der Waals surface area contributed by atoms with E-state index >= 15 is 0 Å². The van der Waals surface area contributed by atoms with Gasteiger partial charge in [-0.15, -0.1) is 0 Å². The van der Waals surface area contributed by atoms with Crippen LogP contribution >= 0.6 is 15.9 Å².